The second-order valence-electron chi connectivity index (χ2n) is 3.97. The fraction of sp³-hybridized carbons (Fsp3) is 0.636. The van der Waals surface area contributed by atoms with Crippen LogP contribution in [0.2, 0.25) is 0 Å². The van der Waals surface area contributed by atoms with Crippen LogP contribution in [0.15, 0.2) is 12.3 Å². The van der Waals surface area contributed by atoms with Gasteiger partial charge in [-0.1, -0.05) is 6.92 Å². The summed E-state index contributed by atoms with van der Waals surface area (Å²) in [5, 5.41) is 13.1. The van der Waals surface area contributed by atoms with Gasteiger partial charge in [-0.2, -0.15) is 10.4 Å². The monoisotopic (exact) mass is 191 g/mol. The van der Waals surface area contributed by atoms with Gasteiger partial charge in [0, 0.05) is 18.9 Å². The Morgan fingerprint density at radius 1 is 1.64 bits per heavy atom. The highest BCUT2D eigenvalue weighted by atomic mass is 15.2. The van der Waals surface area contributed by atoms with Crippen molar-refractivity contribution in [3.05, 3.63) is 18.0 Å². The molecule has 0 N–H and O–H groups in total. The van der Waals surface area contributed by atoms with E-state index in [1.54, 1.807) is 6.20 Å². The normalized spacial score (nSPS) is 14.7. The molecule has 0 aliphatic heterocycles. The molecule has 0 fully saturated rings. The van der Waals surface area contributed by atoms with Gasteiger partial charge in [-0.3, -0.25) is 4.68 Å². The minimum Gasteiger partial charge on any atom is -0.273 e. The second kappa shape index (κ2) is 4.28. The molecule has 76 valence electrons. The van der Waals surface area contributed by atoms with Gasteiger partial charge in [0.2, 0.25) is 0 Å². The summed E-state index contributed by atoms with van der Waals surface area (Å²) in [5.41, 5.74) is 1.00. The van der Waals surface area contributed by atoms with Crippen LogP contribution < -0.4 is 0 Å². The fourth-order valence-electron chi connectivity index (χ4n) is 1.36. The molecule has 1 aromatic rings. The van der Waals surface area contributed by atoms with Crippen LogP contribution in [0.5, 0.6) is 0 Å². The number of rotatable bonds is 4. The van der Waals surface area contributed by atoms with Crippen molar-refractivity contribution in [2.75, 3.05) is 0 Å². The molecule has 1 heterocycles. The Labute approximate surface area is 85.4 Å². The molecule has 0 amide bonds. The van der Waals surface area contributed by atoms with Crippen molar-refractivity contribution in [1.29, 1.82) is 5.26 Å². The highest BCUT2D eigenvalue weighted by Crippen LogP contribution is 2.26. The lowest BCUT2D eigenvalue weighted by atomic mass is 9.84. The standard InChI is InChI=1S/C11H17N3/c1-4-11(2,9-12)7-5-10-6-8-13-14(10)3/h6,8H,4-5,7H2,1-3H3. The summed E-state index contributed by atoms with van der Waals surface area (Å²) >= 11 is 0. The average Bonchev–Trinajstić information content (AvgIpc) is 2.61. The van der Waals surface area contributed by atoms with Crippen molar-refractivity contribution >= 4 is 0 Å². The van der Waals surface area contributed by atoms with Crippen LogP contribution in [0.4, 0.5) is 0 Å². The summed E-state index contributed by atoms with van der Waals surface area (Å²) in [7, 11) is 1.94. The van der Waals surface area contributed by atoms with Crippen LogP contribution in [0.25, 0.3) is 0 Å². The Balaban J connectivity index is 2.57. The first-order chi connectivity index (χ1) is 6.61. The van der Waals surface area contributed by atoms with Gasteiger partial charge < -0.3 is 0 Å². The zero-order valence-electron chi connectivity index (χ0n) is 9.12. The van der Waals surface area contributed by atoms with Crippen LogP contribution >= 0.6 is 0 Å². The molecule has 3 heteroatoms. The summed E-state index contributed by atoms with van der Waals surface area (Å²) < 4.78 is 1.87. The molecule has 0 aliphatic rings. The Morgan fingerprint density at radius 3 is 2.79 bits per heavy atom. The Kier molecular flexibility index (Phi) is 3.29. The minimum absolute atomic E-state index is 0.190. The fourth-order valence-corrected chi connectivity index (χ4v) is 1.36. The quantitative estimate of drug-likeness (QED) is 0.732. The molecule has 0 bridgehead atoms. The first-order valence-electron chi connectivity index (χ1n) is 4.99. The largest absolute Gasteiger partial charge is 0.273 e. The molecule has 0 spiro atoms. The van der Waals surface area contributed by atoms with Gasteiger partial charge in [-0.05, 0) is 32.3 Å². The zero-order valence-corrected chi connectivity index (χ0v) is 9.12. The second-order valence-corrected chi connectivity index (χ2v) is 3.97. The summed E-state index contributed by atoms with van der Waals surface area (Å²) in [6, 6.07) is 4.39. The van der Waals surface area contributed by atoms with E-state index in [9.17, 15) is 0 Å². The molecule has 1 atom stereocenters. The third-order valence-corrected chi connectivity index (χ3v) is 2.91. The van der Waals surface area contributed by atoms with Crippen LogP contribution in [0, 0.1) is 16.7 Å². The van der Waals surface area contributed by atoms with E-state index in [4.69, 9.17) is 5.26 Å². The van der Waals surface area contributed by atoms with Crippen LogP contribution in [0.3, 0.4) is 0 Å². The lowest BCUT2D eigenvalue weighted by Crippen LogP contribution is -2.14. The van der Waals surface area contributed by atoms with E-state index in [0.29, 0.717) is 0 Å². The average molecular weight is 191 g/mol. The first kappa shape index (κ1) is 10.8. The van der Waals surface area contributed by atoms with E-state index in [2.05, 4.69) is 18.1 Å². The molecule has 0 saturated carbocycles. The predicted molar refractivity (Wildman–Crippen MR) is 55.5 cm³/mol. The van der Waals surface area contributed by atoms with E-state index >= 15 is 0 Å². The number of aryl methyl sites for hydroxylation is 2. The molecule has 0 aliphatic carbocycles. The minimum atomic E-state index is -0.190. The molecule has 0 aromatic carbocycles. The number of nitrogens with zero attached hydrogens (tertiary/aromatic N) is 3. The SMILES string of the molecule is CCC(C)(C#N)CCc1ccnn1C. The zero-order chi connectivity index (χ0) is 10.6. The van der Waals surface area contributed by atoms with Crippen LogP contribution in [-0.2, 0) is 13.5 Å². The molecular weight excluding hydrogens is 174 g/mol. The van der Waals surface area contributed by atoms with Gasteiger partial charge in [0.25, 0.3) is 0 Å². The molecule has 1 rings (SSSR count). The molecule has 14 heavy (non-hydrogen) atoms. The van der Waals surface area contributed by atoms with Gasteiger partial charge in [-0.15, -0.1) is 0 Å². The summed E-state index contributed by atoms with van der Waals surface area (Å²) in [4.78, 5) is 0. The molecule has 1 unspecified atom stereocenters. The maximum Gasteiger partial charge on any atom is 0.0686 e. The van der Waals surface area contributed by atoms with E-state index in [1.165, 1.54) is 5.69 Å². The van der Waals surface area contributed by atoms with E-state index in [0.717, 1.165) is 19.3 Å². The summed E-state index contributed by atoms with van der Waals surface area (Å²) in [6.07, 6.45) is 4.53. The first-order valence-corrected chi connectivity index (χ1v) is 4.99. The van der Waals surface area contributed by atoms with Gasteiger partial charge in [-0.25, -0.2) is 0 Å². The van der Waals surface area contributed by atoms with Crippen molar-refractivity contribution in [2.45, 2.75) is 33.1 Å². The van der Waals surface area contributed by atoms with Crippen molar-refractivity contribution < 1.29 is 0 Å². The Bertz CT molecular complexity index is 335. The van der Waals surface area contributed by atoms with Crippen molar-refractivity contribution in [3.8, 4) is 6.07 Å². The van der Waals surface area contributed by atoms with Crippen LogP contribution in [0.1, 0.15) is 32.4 Å². The van der Waals surface area contributed by atoms with Gasteiger partial charge in [0.05, 0.1) is 11.5 Å². The Morgan fingerprint density at radius 2 is 2.36 bits per heavy atom. The molecule has 0 radical (unpaired) electrons. The third-order valence-electron chi connectivity index (χ3n) is 2.91. The number of nitriles is 1. The maximum atomic E-state index is 9.01. The topological polar surface area (TPSA) is 41.6 Å². The van der Waals surface area contributed by atoms with Crippen molar-refractivity contribution in [1.82, 2.24) is 9.78 Å². The number of hydrogen-bond acceptors (Lipinski definition) is 2. The number of aromatic nitrogens is 2. The number of hydrogen-bond donors (Lipinski definition) is 0. The summed E-state index contributed by atoms with van der Waals surface area (Å²) in [6.45, 7) is 4.08. The predicted octanol–water partition coefficient (Wildman–Crippen LogP) is 2.29. The third kappa shape index (κ3) is 2.35. The molecular formula is C11H17N3. The van der Waals surface area contributed by atoms with Crippen molar-refractivity contribution in [2.24, 2.45) is 12.5 Å². The van der Waals surface area contributed by atoms with Crippen LogP contribution in [-0.4, -0.2) is 9.78 Å². The van der Waals surface area contributed by atoms with Crippen molar-refractivity contribution in [3.63, 3.8) is 0 Å². The maximum absolute atomic E-state index is 9.01. The van der Waals surface area contributed by atoms with Gasteiger partial charge >= 0.3 is 0 Å². The Hall–Kier alpha value is -1.30. The molecule has 3 nitrogen and oxygen atoms in total. The lowest BCUT2D eigenvalue weighted by molar-refractivity contribution is 0.386. The molecule has 0 saturated heterocycles. The smallest absolute Gasteiger partial charge is 0.0686 e. The van der Waals surface area contributed by atoms with Gasteiger partial charge in [0.1, 0.15) is 0 Å². The highest BCUT2D eigenvalue weighted by Gasteiger charge is 2.21. The van der Waals surface area contributed by atoms with Gasteiger partial charge in [0.15, 0.2) is 0 Å². The van der Waals surface area contributed by atoms with E-state index in [1.807, 2.05) is 24.7 Å². The summed E-state index contributed by atoms with van der Waals surface area (Å²) in [5.74, 6) is 0. The lowest BCUT2D eigenvalue weighted by Gasteiger charge is -2.18. The highest BCUT2D eigenvalue weighted by molar-refractivity contribution is 5.03. The van der Waals surface area contributed by atoms with E-state index in [-0.39, 0.29) is 5.41 Å². The molecule has 1 aromatic heterocycles. The van der Waals surface area contributed by atoms with E-state index < -0.39 is 0 Å².